The number of piperidine rings is 1. The maximum absolute atomic E-state index is 13.2. The van der Waals surface area contributed by atoms with Crippen molar-refractivity contribution < 1.29 is 23.6 Å². The van der Waals surface area contributed by atoms with Gasteiger partial charge in [-0.1, -0.05) is 12.0 Å². The van der Waals surface area contributed by atoms with Crippen LogP contribution in [-0.4, -0.2) is 52.1 Å². The van der Waals surface area contributed by atoms with Gasteiger partial charge >= 0.3 is 12.1 Å². The monoisotopic (exact) mass is 488 g/mol. The van der Waals surface area contributed by atoms with Crippen molar-refractivity contribution in [1.82, 2.24) is 9.62 Å². The zero-order chi connectivity index (χ0) is 25.3. The summed E-state index contributed by atoms with van der Waals surface area (Å²) in [6.45, 7) is 12.6. The molecule has 186 valence electrons. The number of hydrogen-bond acceptors (Lipinski definition) is 6. The maximum atomic E-state index is 13.2. The van der Waals surface area contributed by atoms with Gasteiger partial charge < -0.3 is 18.9 Å². The second-order valence-corrected chi connectivity index (χ2v) is 13.1. The fourth-order valence-corrected chi connectivity index (χ4v) is 5.43. The average molecular weight is 489 g/mol. The molecule has 0 bridgehead atoms. The molecule has 1 N–H and O–H groups in total. The highest BCUT2D eigenvalue weighted by Crippen LogP contribution is 2.53. The molecule has 7 nitrogen and oxygen atoms in total. The van der Waals surface area contributed by atoms with E-state index in [2.05, 4.69) is 21.3 Å². The zero-order valence-corrected chi connectivity index (χ0v) is 22.1. The molecule has 0 saturated carbocycles. The van der Waals surface area contributed by atoms with Crippen LogP contribution in [0.4, 0.5) is 4.79 Å². The quantitative estimate of drug-likeness (QED) is 0.386. The summed E-state index contributed by atoms with van der Waals surface area (Å²) in [5.74, 6) is 4.76. The Morgan fingerprint density at radius 2 is 1.82 bits per heavy atom. The van der Waals surface area contributed by atoms with Gasteiger partial charge in [0.25, 0.3) is 0 Å². The standard InChI is InChI=1S/C26H36N2O5S/c1-24(2,3)33-23(30)28-14-12-26(13-15-28)17-19-10-8-18(9-11-21(29)32-7)16-20(19)22(26)27-34(31)25(4,5)6/h8,10,16,22,27H,12-15,17H2,1-7H3/t22-,34?/m1/s1. The summed E-state index contributed by atoms with van der Waals surface area (Å²) in [5, 5.41) is 0. The zero-order valence-electron chi connectivity index (χ0n) is 21.2. The first-order chi connectivity index (χ1) is 15.7. The number of carbonyl (C=O) groups is 2. The number of amides is 1. The fourth-order valence-electron chi connectivity index (χ4n) is 4.49. The van der Waals surface area contributed by atoms with Crippen molar-refractivity contribution >= 4 is 23.4 Å². The molecule has 1 unspecified atom stereocenters. The molecule has 1 amide bonds. The molecule has 0 radical (unpaired) electrons. The van der Waals surface area contributed by atoms with E-state index in [1.54, 1.807) is 4.90 Å². The summed E-state index contributed by atoms with van der Waals surface area (Å²) in [5.41, 5.74) is 2.24. The second-order valence-electron chi connectivity index (χ2n) is 11.1. The van der Waals surface area contributed by atoms with Gasteiger partial charge in [0.05, 0.1) is 13.2 Å². The van der Waals surface area contributed by atoms with Crippen LogP contribution in [0.1, 0.15) is 77.1 Å². The van der Waals surface area contributed by atoms with Crippen molar-refractivity contribution in [2.45, 2.75) is 77.2 Å². The van der Waals surface area contributed by atoms with Crippen molar-refractivity contribution in [1.29, 1.82) is 0 Å². The third-order valence-corrected chi connectivity index (χ3v) is 7.86. The lowest BCUT2D eigenvalue weighted by molar-refractivity contribution is -0.133. The molecule has 1 aromatic carbocycles. The lowest BCUT2D eigenvalue weighted by Gasteiger charge is -2.43. The Kier molecular flexibility index (Phi) is 7.61. The second kappa shape index (κ2) is 9.80. The van der Waals surface area contributed by atoms with E-state index in [1.165, 1.54) is 12.7 Å². The Labute approximate surface area is 206 Å². The van der Waals surface area contributed by atoms with Gasteiger partial charge in [-0.25, -0.2) is 9.59 Å². The number of rotatable bonds is 2. The van der Waals surface area contributed by atoms with Gasteiger partial charge in [0.1, 0.15) is 10.3 Å². The predicted molar refractivity (Wildman–Crippen MR) is 132 cm³/mol. The van der Waals surface area contributed by atoms with Gasteiger partial charge in [0.2, 0.25) is 0 Å². The summed E-state index contributed by atoms with van der Waals surface area (Å²) in [7, 11) is 1.30. The van der Waals surface area contributed by atoms with Gasteiger partial charge in [-0.05, 0) is 84.1 Å². The van der Waals surface area contributed by atoms with Crippen molar-refractivity contribution in [2.75, 3.05) is 20.2 Å². The summed E-state index contributed by atoms with van der Waals surface area (Å²) in [6.07, 6.45) is 2.07. The number of hydrogen-bond donors (Lipinski definition) is 1. The van der Waals surface area contributed by atoms with E-state index in [1.807, 2.05) is 59.7 Å². The number of benzene rings is 1. The van der Waals surface area contributed by atoms with Gasteiger partial charge in [0, 0.05) is 41.4 Å². The lowest BCUT2D eigenvalue weighted by atomic mass is 9.73. The van der Waals surface area contributed by atoms with Crippen LogP contribution >= 0.6 is 0 Å². The van der Waals surface area contributed by atoms with Gasteiger partial charge in [0.15, 0.2) is 0 Å². The minimum absolute atomic E-state index is 0.150. The van der Waals surface area contributed by atoms with Crippen LogP contribution in [0.5, 0.6) is 0 Å². The summed E-state index contributed by atoms with van der Waals surface area (Å²) < 4.78 is 26.3. The van der Waals surface area contributed by atoms with E-state index in [4.69, 9.17) is 4.74 Å². The van der Waals surface area contributed by atoms with Gasteiger partial charge in [-0.3, -0.25) is 0 Å². The molecular weight excluding hydrogens is 452 g/mol. The summed E-state index contributed by atoms with van der Waals surface area (Å²) >= 11 is -1.28. The molecule has 1 aromatic rings. The third kappa shape index (κ3) is 6.07. The topological polar surface area (TPSA) is 90.9 Å². The molecule has 34 heavy (non-hydrogen) atoms. The number of likely N-dealkylation sites (tertiary alicyclic amines) is 1. The van der Waals surface area contributed by atoms with Crippen LogP contribution in [0.3, 0.4) is 0 Å². The highest BCUT2D eigenvalue weighted by molar-refractivity contribution is 7.90. The van der Waals surface area contributed by atoms with E-state index in [9.17, 15) is 14.1 Å². The van der Waals surface area contributed by atoms with Crippen LogP contribution in [-0.2, 0) is 32.1 Å². The van der Waals surface area contributed by atoms with Crippen LogP contribution in [0.2, 0.25) is 0 Å². The van der Waals surface area contributed by atoms with Gasteiger partial charge in [-0.15, -0.1) is 4.72 Å². The molecule has 2 atom stereocenters. The Morgan fingerprint density at radius 3 is 2.38 bits per heavy atom. The van der Waals surface area contributed by atoms with Crippen LogP contribution in [0, 0.1) is 17.3 Å². The third-order valence-electron chi connectivity index (χ3n) is 6.30. The van der Waals surface area contributed by atoms with E-state index >= 15 is 0 Å². The number of esters is 1. The first-order valence-electron chi connectivity index (χ1n) is 11.6. The van der Waals surface area contributed by atoms with E-state index in [0.717, 1.165) is 24.8 Å². The minimum atomic E-state index is -1.28. The highest BCUT2D eigenvalue weighted by atomic mass is 32.2. The Bertz CT molecular complexity index is 991. The van der Waals surface area contributed by atoms with Gasteiger partial charge in [-0.2, -0.15) is 0 Å². The number of methoxy groups -OCH3 is 1. The molecule has 1 spiro atoms. The van der Waals surface area contributed by atoms with Crippen LogP contribution in [0.25, 0.3) is 0 Å². The molecule has 1 saturated heterocycles. The molecule has 1 aliphatic heterocycles. The van der Waals surface area contributed by atoms with Crippen molar-refractivity contribution in [3.05, 3.63) is 34.9 Å². The molecule has 1 heterocycles. The molecule has 0 aromatic heterocycles. The molecule has 2 aliphatic rings. The largest absolute Gasteiger partial charge is 0.598 e. The Hall–Kier alpha value is -2.21. The first kappa shape index (κ1) is 26.4. The number of carbonyl (C=O) groups excluding carboxylic acids is 2. The first-order valence-corrected chi connectivity index (χ1v) is 12.8. The van der Waals surface area contributed by atoms with Crippen molar-refractivity contribution in [2.24, 2.45) is 5.41 Å². The molecule has 1 aliphatic carbocycles. The minimum Gasteiger partial charge on any atom is -0.598 e. The Morgan fingerprint density at radius 1 is 1.18 bits per heavy atom. The molecular formula is C26H36N2O5S. The number of fused-ring (bicyclic) bond motifs is 1. The number of nitrogens with one attached hydrogen (secondary N) is 1. The number of ether oxygens (including phenoxy) is 2. The van der Waals surface area contributed by atoms with Crippen molar-refractivity contribution in [3.8, 4) is 11.8 Å². The van der Waals surface area contributed by atoms with Crippen LogP contribution < -0.4 is 4.72 Å². The Balaban J connectivity index is 1.88. The van der Waals surface area contributed by atoms with E-state index in [0.29, 0.717) is 18.7 Å². The van der Waals surface area contributed by atoms with E-state index < -0.39 is 27.7 Å². The van der Waals surface area contributed by atoms with Crippen molar-refractivity contribution in [3.63, 3.8) is 0 Å². The average Bonchev–Trinajstić information content (AvgIpc) is 3.02. The smallest absolute Gasteiger partial charge is 0.410 e. The summed E-state index contributed by atoms with van der Waals surface area (Å²) in [4.78, 5) is 25.8. The molecule has 1 fully saturated rings. The normalized spacial score (nSPS) is 20.2. The summed E-state index contributed by atoms with van der Waals surface area (Å²) in [6, 6.07) is 5.78. The number of nitrogens with zero attached hydrogens (tertiary/aromatic N) is 1. The maximum Gasteiger partial charge on any atom is 0.410 e. The van der Waals surface area contributed by atoms with Crippen LogP contribution in [0.15, 0.2) is 18.2 Å². The lowest BCUT2D eigenvalue weighted by Crippen LogP contribution is -2.51. The van der Waals surface area contributed by atoms with E-state index in [-0.39, 0.29) is 17.6 Å². The predicted octanol–water partition coefficient (Wildman–Crippen LogP) is 3.88. The highest BCUT2D eigenvalue weighted by Gasteiger charge is 2.51. The SMILES string of the molecule is COC(=O)C#Cc1ccc2c(c1)[C@@H](N[S+]([O-])C(C)(C)C)C1(CCN(C(=O)OC(C)(C)C)CC1)C2. The molecule has 8 heteroatoms. The fraction of sp³-hybridized carbons (Fsp3) is 0.615. The molecule has 3 rings (SSSR count).